The van der Waals surface area contributed by atoms with E-state index < -0.39 is 0 Å². The fourth-order valence-electron chi connectivity index (χ4n) is 3.53. The van der Waals surface area contributed by atoms with E-state index in [1.807, 2.05) is 10.8 Å². The summed E-state index contributed by atoms with van der Waals surface area (Å²) in [5.74, 6) is -0.511. The van der Waals surface area contributed by atoms with Gasteiger partial charge in [-0.25, -0.2) is 4.98 Å². The van der Waals surface area contributed by atoms with E-state index in [1.54, 1.807) is 53.5 Å². The molecule has 2 aromatic heterocycles. The second-order valence-corrected chi connectivity index (χ2v) is 6.77. The summed E-state index contributed by atoms with van der Waals surface area (Å²) < 4.78 is 3.51. The Bertz CT molecular complexity index is 1130. The van der Waals surface area contributed by atoms with E-state index in [4.69, 9.17) is 0 Å². The van der Waals surface area contributed by atoms with Crippen LogP contribution in [0.3, 0.4) is 0 Å². The van der Waals surface area contributed by atoms with Gasteiger partial charge in [-0.05, 0) is 36.2 Å². The van der Waals surface area contributed by atoms with Gasteiger partial charge in [0.25, 0.3) is 0 Å². The number of para-hydroxylation sites is 1. The largest absolute Gasteiger partial charge is 0.508 e. The number of nitrogens with zero attached hydrogens (tertiary/aromatic N) is 3. The number of aryl methyl sites for hydroxylation is 1. The predicted molar refractivity (Wildman–Crippen MR) is 109 cm³/mol. The summed E-state index contributed by atoms with van der Waals surface area (Å²) in [6.45, 7) is 1.08. The van der Waals surface area contributed by atoms with Crippen LogP contribution in [-0.2, 0) is 13.1 Å². The lowest BCUT2D eigenvalue weighted by Crippen LogP contribution is -2.04. The van der Waals surface area contributed by atoms with E-state index in [-0.39, 0.29) is 23.1 Å². The predicted octanol–water partition coefficient (Wildman–Crippen LogP) is 3.93. The number of hydrogen-bond acceptors (Lipinski definition) is 5. The Morgan fingerprint density at radius 2 is 1.72 bits per heavy atom. The van der Waals surface area contributed by atoms with E-state index in [2.05, 4.69) is 4.98 Å². The summed E-state index contributed by atoms with van der Waals surface area (Å²) in [4.78, 5) is 4.02. The van der Waals surface area contributed by atoms with Gasteiger partial charge in [-0.3, -0.25) is 0 Å². The van der Waals surface area contributed by atoms with Crippen LogP contribution in [0, 0.1) is 0 Å². The van der Waals surface area contributed by atoms with E-state index in [1.165, 1.54) is 12.1 Å². The molecule has 0 saturated carbocycles. The van der Waals surface area contributed by atoms with Crippen molar-refractivity contribution in [1.82, 2.24) is 14.1 Å². The topological polar surface area (TPSA) is 104 Å². The number of aromatic nitrogens is 3. The van der Waals surface area contributed by atoms with Gasteiger partial charge in [0, 0.05) is 31.0 Å². The number of hydrogen-bond donors (Lipinski definition) is 4. The summed E-state index contributed by atoms with van der Waals surface area (Å²) in [7, 11) is 0. The third kappa shape index (κ3) is 3.50. The van der Waals surface area contributed by atoms with Gasteiger partial charge in [0.05, 0.1) is 17.6 Å². The number of phenolic OH excluding ortho intramolecular Hbond substituents is 2. The Morgan fingerprint density at radius 3 is 2.45 bits per heavy atom. The van der Waals surface area contributed by atoms with Crippen LogP contribution in [0.2, 0.25) is 0 Å². The van der Waals surface area contributed by atoms with Gasteiger partial charge in [0.15, 0.2) is 5.75 Å². The van der Waals surface area contributed by atoms with E-state index in [0.29, 0.717) is 41.9 Å². The summed E-state index contributed by atoms with van der Waals surface area (Å²) >= 11 is 0. The van der Waals surface area contributed by atoms with Crippen LogP contribution in [0.25, 0.3) is 22.4 Å². The minimum absolute atomic E-state index is 0.0299. The molecule has 4 N–H and O–H groups in total. The number of imidazole rings is 1. The minimum atomic E-state index is -0.295. The molecule has 0 amide bonds. The maximum atomic E-state index is 10.7. The fraction of sp³-hybridized carbons (Fsp3) is 0.136. The Labute approximate surface area is 167 Å². The lowest BCUT2D eigenvalue weighted by Gasteiger charge is -2.14. The Hall–Kier alpha value is -3.87. The molecule has 4 aromatic rings. The third-order valence-electron chi connectivity index (χ3n) is 4.86. The van der Waals surface area contributed by atoms with Crippen molar-refractivity contribution in [3.05, 3.63) is 67.3 Å². The van der Waals surface area contributed by atoms with Crippen molar-refractivity contribution >= 4 is 0 Å². The molecule has 0 aliphatic heterocycles. The minimum Gasteiger partial charge on any atom is -0.508 e. The lowest BCUT2D eigenvalue weighted by molar-refractivity contribution is 0.368. The standard InChI is InChI=1S/C22H21N3O4/c26-16-6-3-5-15(13-16)19-20(17-7-1-2-8-18(17)27)25(22(29)21(19)28)11-4-10-24-12-9-23-14-24/h1-3,5-9,12-14,26-29H,4,10-11H2. The normalized spacial score (nSPS) is 11.0. The van der Waals surface area contributed by atoms with Crippen molar-refractivity contribution in [3.8, 4) is 45.5 Å². The molecular weight excluding hydrogens is 370 g/mol. The summed E-state index contributed by atoms with van der Waals surface area (Å²) in [6, 6.07) is 13.2. The molecule has 4 rings (SSSR count). The highest BCUT2D eigenvalue weighted by Crippen LogP contribution is 2.49. The molecule has 29 heavy (non-hydrogen) atoms. The smallest absolute Gasteiger partial charge is 0.235 e. The maximum absolute atomic E-state index is 10.7. The molecule has 0 bridgehead atoms. The summed E-state index contributed by atoms with van der Waals surface area (Å²) in [5.41, 5.74) is 1.84. The highest BCUT2D eigenvalue weighted by atomic mass is 16.3. The van der Waals surface area contributed by atoms with Gasteiger partial charge in [-0.15, -0.1) is 0 Å². The molecule has 0 atom stereocenters. The first-order valence-electron chi connectivity index (χ1n) is 9.24. The van der Waals surface area contributed by atoms with E-state index in [0.717, 1.165) is 0 Å². The molecule has 148 valence electrons. The van der Waals surface area contributed by atoms with Gasteiger partial charge in [0.2, 0.25) is 5.88 Å². The number of rotatable bonds is 6. The quantitative estimate of drug-likeness (QED) is 0.399. The van der Waals surface area contributed by atoms with Crippen LogP contribution in [0.5, 0.6) is 23.1 Å². The van der Waals surface area contributed by atoms with Crippen LogP contribution in [0.1, 0.15) is 6.42 Å². The van der Waals surface area contributed by atoms with Gasteiger partial charge in [0.1, 0.15) is 11.5 Å². The van der Waals surface area contributed by atoms with Gasteiger partial charge >= 0.3 is 0 Å². The Balaban J connectivity index is 1.83. The zero-order chi connectivity index (χ0) is 20.4. The first-order valence-corrected chi connectivity index (χ1v) is 9.24. The average Bonchev–Trinajstić information content (AvgIpc) is 3.31. The average molecular weight is 391 g/mol. The molecule has 2 aromatic carbocycles. The number of phenols is 2. The highest BCUT2D eigenvalue weighted by Gasteiger charge is 2.26. The molecule has 7 nitrogen and oxygen atoms in total. The second kappa shape index (κ2) is 7.63. The molecular formula is C22H21N3O4. The van der Waals surface area contributed by atoms with Crippen LogP contribution in [0.15, 0.2) is 67.3 Å². The molecule has 0 radical (unpaired) electrons. The zero-order valence-electron chi connectivity index (χ0n) is 15.6. The molecule has 0 aliphatic rings. The number of aromatic hydroxyl groups is 4. The SMILES string of the molecule is Oc1cccc(-c2c(O)c(O)n(CCCn3ccnc3)c2-c2ccccc2O)c1. The summed E-state index contributed by atoms with van der Waals surface area (Å²) in [5, 5.41) is 41.8. The van der Waals surface area contributed by atoms with Crippen LogP contribution in [0.4, 0.5) is 0 Å². The van der Waals surface area contributed by atoms with Crippen molar-refractivity contribution in [2.75, 3.05) is 0 Å². The van der Waals surface area contributed by atoms with Crippen molar-refractivity contribution < 1.29 is 20.4 Å². The van der Waals surface area contributed by atoms with Gasteiger partial charge < -0.3 is 29.6 Å². The van der Waals surface area contributed by atoms with Crippen molar-refractivity contribution in [2.24, 2.45) is 0 Å². The lowest BCUT2D eigenvalue weighted by atomic mass is 9.99. The maximum Gasteiger partial charge on any atom is 0.235 e. The summed E-state index contributed by atoms with van der Waals surface area (Å²) in [6.07, 6.45) is 5.94. The van der Waals surface area contributed by atoms with Crippen molar-refractivity contribution in [3.63, 3.8) is 0 Å². The monoisotopic (exact) mass is 391 g/mol. The Morgan fingerprint density at radius 1 is 0.897 bits per heavy atom. The number of benzene rings is 2. The first-order chi connectivity index (χ1) is 14.1. The molecule has 0 spiro atoms. The van der Waals surface area contributed by atoms with Gasteiger partial charge in [-0.1, -0.05) is 24.3 Å². The Kier molecular flexibility index (Phi) is 4.87. The van der Waals surface area contributed by atoms with E-state index in [9.17, 15) is 20.4 Å². The van der Waals surface area contributed by atoms with Crippen LogP contribution >= 0.6 is 0 Å². The highest BCUT2D eigenvalue weighted by molar-refractivity contribution is 5.90. The second-order valence-electron chi connectivity index (χ2n) is 6.77. The molecule has 0 saturated heterocycles. The molecule has 2 heterocycles. The molecule has 0 aliphatic carbocycles. The van der Waals surface area contributed by atoms with Crippen LogP contribution < -0.4 is 0 Å². The van der Waals surface area contributed by atoms with Crippen LogP contribution in [-0.4, -0.2) is 34.5 Å². The fourth-order valence-corrected chi connectivity index (χ4v) is 3.53. The van der Waals surface area contributed by atoms with Gasteiger partial charge in [-0.2, -0.15) is 0 Å². The third-order valence-corrected chi connectivity index (χ3v) is 4.86. The molecule has 0 fully saturated rings. The first kappa shape index (κ1) is 18.5. The van der Waals surface area contributed by atoms with Crippen molar-refractivity contribution in [1.29, 1.82) is 0 Å². The molecule has 7 heteroatoms. The molecule has 0 unspecified atom stereocenters. The van der Waals surface area contributed by atoms with Crippen molar-refractivity contribution in [2.45, 2.75) is 19.5 Å². The zero-order valence-corrected chi connectivity index (χ0v) is 15.6. The van der Waals surface area contributed by atoms with E-state index >= 15 is 0 Å².